The van der Waals surface area contributed by atoms with Gasteiger partial charge in [0, 0.05) is 11.3 Å². The summed E-state index contributed by atoms with van der Waals surface area (Å²) in [5, 5.41) is 0. The fraction of sp³-hybridized carbons (Fsp3) is 0. The molecule has 0 fully saturated rings. The van der Waals surface area contributed by atoms with E-state index in [1.165, 1.54) is 0 Å². The maximum atomic E-state index is 10.1. The normalized spacial score (nSPS) is 8.00. The summed E-state index contributed by atoms with van der Waals surface area (Å²) in [7, 11) is 0. The van der Waals surface area contributed by atoms with Crippen molar-refractivity contribution in [3.8, 4) is 0 Å². The minimum Gasteiger partial charge on any atom is -0.398 e. The summed E-state index contributed by atoms with van der Waals surface area (Å²) in [4.78, 5) is 10.1. The van der Waals surface area contributed by atoms with Crippen LogP contribution in [-0.2, 0) is 0 Å². The maximum Gasteiger partial charge on any atom is 0.152 e. The molecule has 2 nitrogen and oxygen atoms in total. The molecule has 10 heavy (non-hydrogen) atoms. The molecule has 1 aromatic rings. The van der Waals surface area contributed by atoms with E-state index >= 15 is 0 Å². The van der Waals surface area contributed by atoms with E-state index in [2.05, 4.69) is 0 Å². The number of aldehydes is 1. The Morgan fingerprint density at radius 2 is 1.90 bits per heavy atom. The van der Waals surface area contributed by atoms with Gasteiger partial charge in [0.25, 0.3) is 0 Å². The summed E-state index contributed by atoms with van der Waals surface area (Å²) in [5.41, 5.74) is 6.49. The monoisotopic (exact) mass is 157 g/mol. The lowest BCUT2D eigenvalue weighted by molar-refractivity contribution is 0.112. The van der Waals surface area contributed by atoms with Crippen molar-refractivity contribution >= 4 is 24.4 Å². The predicted octanol–water partition coefficient (Wildman–Crippen LogP) is 1.50. The molecule has 0 saturated carbocycles. The highest BCUT2D eigenvalue weighted by Gasteiger charge is 1.90. The van der Waals surface area contributed by atoms with Crippen LogP contribution in [-0.4, -0.2) is 6.29 Å². The molecule has 0 aromatic heterocycles. The Bertz CT molecular complexity index is 225. The maximum absolute atomic E-state index is 10.1. The Morgan fingerprint density at radius 1 is 1.30 bits per heavy atom. The van der Waals surface area contributed by atoms with E-state index in [0.29, 0.717) is 11.3 Å². The summed E-state index contributed by atoms with van der Waals surface area (Å²) in [5.74, 6) is 0. The Hall–Kier alpha value is -1.02. The second-order valence-electron chi connectivity index (χ2n) is 1.75. The standard InChI is InChI=1S/C7H7NO.ClH/c8-7-4-2-1-3-6(7)5-9;/h1-5H,8H2;1H. The SMILES string of the molecule is Cl.Nc1ccccc1C=O. The Balaban J connectivity index is 0.000000810. The van der Waals surface area contributed by atoms with Gasteiger partial charge in [-0.2, -0.15) is 0 Å². The number of hydrogen-bond donors (Lipinski definition) is 1. The number of carbonyl (C=O) groups is 1. The summed E-state index contributed by atoms with van der Waals surface area (Å²) in [6, 6.07) is 6.95. The highest BCUT2D eigenvalue weighted by atomic mass is 35.5. The van der Waals surface area contributed by atoms with Crippen LogP contribution in [0.3, 0.4) is 0 Å². The minimum atomic E-state index is 0. The van der Waals surface area contributed by atoms with Gasteiger partial charge in [-0.1, -0.05) is 12.1 Å². The number of nitrogen functional groups attached to an aromatic ring is 1. The fourth-order valence-corrected chi connectivity index (χ4v) is 0.618. The highest BCUT2D eigenvalue weighted by molar-refractivity contribution is 5.85. The average molecular weight is 158 g/mol. The minimum absolute atomic E-state index is 0. The van der Waals surface area contributed by atoms with Crippen LogP contribution in [0.5, 0.6) is 0 Å². The Labute approximate surface area is 65.5 Å². The molecule has 0 bridgehead atoms. The van der Waals surface area contributed by atoms with Crippen LogP contribution in [0, 0.1) is 0 Å². The van der Waals surface area contributed by atoms with E-state index < -0.39 is 0 Å². The van der Waals surface area contributed by atoms with E-state index in [0.717, 1.165) is 6.29 Å². The van der Waals surface area contributed by atoms with E-state index in [9.17, 15) is 4.79 Å². The number of nitrogens with two attached hydrogens (primary N) is 1. The topological polar surface area (TPSA) is 43.1 Å². The second kappa shape index (κ2) is 3.90. The van der Waals surface area contributed by atoms with Gasteiger partial charge in [-0.3, -0.25) is 4.79 Å². The van der Waals surface area contributed by atoms with Crippen molar-refractivity contribution in [3.05, 3.63) is 29.8 Å². The molecule has 0 atom stereocenters. The fourth-order valence-electron chi connectivity index (χ4n) is 0.618. The van der Waals surface area contributed by atoms with E-state index in [1.807, 2.05) is 0 Å². The van der Waals surface area contributed by atoms with Crippen LogP contribution >= 0.6 is 12.4 Å². The number of para-hydroxylation sites is 1. The van der Waals surface area contributed by atoms with Gasteiger partial charge < -0.3 is 5.73 Å². The average Bonchev–Trinajstić information content (AvgIpc) is 1.89. The summed E-state index contributed by atoms with van der Waals surface area (Å²) < 4.78 is 0. The third-order valence-corrected chi connectivity index (χ3v) is 1.12. The van der Waals surface area contributed by atoms with Gasteiger partial charge in [-0.25, -0.2) is 0 Å². The van der Waals surface area contributed by atoms with Crippen molar-refractivity contribution in [2.75, 3.05) is 5.73 Å². The number of carbonyl (C=O) groups excluding carboxylic acids is 1. The quantitative estimate of drug-likeness (QED) is 0.496. The highest BCUT2D eigenvalue weighted by Crippen LogP contribution is 2.05. The third-order valence-electron chi connectivity index (χ3n) is 1.12. The van der Waals surface area contributed by atoms with Crippen molar-refractivity contribution in [3.63, 3.8) is 0 Å². The van der Waals surface area contributed by atoms with Gasteiger partial charge in [-0.05, 0) is 12.1 Å². The van der Waals surface area contributed by atoms with Gasteiger partial charge in [0.1, 0.15) is 0 Å². The van der Waals surface area contributed by atoms with Crippen molar-refractivity contribution in [1.29, 1.82) is 0 Å². The molecule has 0 amide bonds. The molecule has 0 heterocycles. The summed E-state index contributed by atoms with van der Waals surface area (Å²) in [6.45, 7) is 0. The molecule has 3 heteroatoms. The van der Waals surface area contributed by atoms with Gasteiger partial charge in [0.2, 0.25) is 0 Å². The predicted molar refractivity (Wildman–Crippen MR) is 43.5 cm³/mol. The lowest BCUT2D eigenvalue weighted by Crippen LogP contribution is -1.90. The van der Waals surface area contributed by atoms with E-state index in [1.54, 1.807) is 24.3 Å². The lowest BCUT2D eigenvalue weighted by atomic mass is 10.2. The molecular weight excluding hydrogens is 150 g/mol. The number of anilines is 1. The molecule has 0 aliphatic carbocycles. The van der Waals surface area contributed by atoms with Gasteiger partial charge >= 0.3 is 0 Å². The van der Waals surface area contributed by atoms with Crippen molar-refractivity contribution in [2.45, 2.75) is 0 Å². The van der Waals surface area contributed by atoms with Crippen LogP contribution in [0.2, 0.25) is 0 Å². The number of rotatable bonds is 1. The molecule has 0 unspecified atom stereocenters. The zero-order chi connectivity index (χ0) is 6.69. The van der Waals surface area contributed by atoms with E-state index in [-0.39, 0.29) is 12.4 Å². The van der Waals surface area contributed by atoms with Crippen molar-refractivity contribution in [2.24, 2.45) is 0 Å². The first-order valence-electron chi connectivity index (χ1n) is 2.64. The molecule has 0 aliphatic heterocycles. The lowest BCUT2D eigenvalue weighted by Gasteiger charge is -1.92. The largest absolute Gasteiger partial charge is 0.398 e. The molecular formula is C7H8ClNO. The first kappa shape index (κ1) is 8.98. The van der Waals surface area contributed by atoms with E-state index in [4.69, 9.17) is 5.73 Å². The zero-order valence-corrected chi connectivity index (χ0v) is 6.10. The van der Waals surface area contributed by atoms with Crippen LogP contribution < -0.4 is 5.73 Å². The molecule has 2 N–H and O–H groups in total. The zero-order valence-electron chi connectivity index (χ0n) is 5.28. The first-order chi connectivity index (χ1) is 4.34. The van der Waals surface area contributed by atoms with Crippen LogP contribution in [0.1, 0.15) is 10.4 Å². The third kappa shape index (κ3) is 1.74. The molecule has 0 spiro atoms. The van der Waals surface area contributed by atoms with Crippen LogP contribution in [0.25, 0.3) is 0 Å². The summed E-state index contributed by atoms with van der Waals surface area (Å²) in [6.07, 6.45) is 0.745. The van der Waals surface area contributed by atoms with Crippen molar-refractivity contribution in [1.82, 2.24) is 0 Å². The van der Waals surface area contributed by atoms with Crippen LogP contribution in [0.15, 0.2) is 24.3 Å². The number of halogens is 1. The smallest absolute Gasteiger partial charge is 0.152 e. The van der Waals surface area contributed by atoms with Gasteiger partial charge in [0.05, 0.1) is 0 Å². The molecule has 0 radical (unpaired) electrons. The summed E-state index contributed by atoms with van der Waals surface area (Å²) >= 11 is 0. The molecule has 1 rings (SSSR count). The van der Waals surface area contributed by atoms with Crippen LogP contribution in [0.4, 0.5) is 5.69 Å². The van der Waals surface area contributed by atoms with Crippen molar-refractivity contribution < 1.29 is 4.79 Å². The Morgan fingerprint density at radius 3 is 2.30 bits per heavy atom. The van der Waals surface area contributed by atoms with Gasteiger partial charge in [-0.15, -0.1) is 12.4 Å². The molecule has 0 aliphatic rings. The molecule has 54 valence electrons. The Kier molecular flexibility index (Phi) is 3.51. The number of hydrogen-bond acceptors (Lipinski definition) is 2. The molecule has 0 saturated heterocycles. The van der Waals surface area contributed by atoms with Gasteiger partial charge in [0.15, 0.2) is 6.29 Å². The second-order valence-corrected chi connectivity index (χ2v) is 1.75. The molecule has 1 aromatic carbocycles. The first-order valence-corrected chi connectivity index (χ1v) is 2.64. The number of benzene rings is 1.